The molecule has 1 aromatic rings. The third kappa shape index (κ3) is 7.39. The predicted octanol–water partition coefficient (Wildman–Crippen LogP) is 3.36. The van der Waals surface area contributed by atoms with Crippen molar-refractivity contribution in [1.29, 1.82) is 0 Å². The smallest absolute Gasteiger partial charge is 0.191 e. The van der Waals surface area contributed by atoms with E-state index in [-0.39, 0.29) is 0 Å². The van der Waals surface area contributed by atoms with Crippen LogP contribution in [0.2, 0.25) is 0 Å². The molecule has 2 N–H and O–H groups in total. The Kier molecular flexibility index (Phi) is 8.74. The van der Waals surface area contributed by atoms with Crippen LogP contribution < -0.4 is 10.6 Å². The molecule has 0 saturated carbocycles. The van der Waals surface area contributed by atoms with E-state index in [0.717, 1.165) is 50.9 Å². The van der Waals surface area contributed by atoms with Crippen LogP contribution in [0, 0.1) is 5.92 Å². The van der Waals surface area contributed by atoms with Crippen LogP contribution in [0.15, 0.2) is 27.8 Å². The molecule has 2 heterocycles. The summed E-state index contributed by atoms with van der Waals surface area (Å²) in [7, 11) is 0. The molecule has 2 unspecified atom stereocenters. The molecule has 1 aliphatic rings. The number of hydrogen-bond acceptors (Lipinski definition) is 3. The molecular formula is C19H33N3O2. The molecule has 136 valence electrons. The van der Waals surface area contributed by atoms with Crippen LogP contribution in [0.4, 0.5) is 0 Å². The van der Waals surface area contributed by atoms with Gasteiger partial charge in [0.1, 0.15) is 5.76 Å². The topological polar surface area (TPSA) is 58.8 Å². The van der Waals surface area contributed by atoms with Crippen LogP contribution in [-0.4, -0.2) is 38.3 Å². The number of nitrogens with one attached hydrogen (secondary N) is 2. The van der Waals surface area contributed by atoms with Crippen LogP contribution in [0.1, 0.15) is 51.7 Å². The Morgan fingerprint density at radius 1 is 1.42 bits per heavy atom. The Morgan fingerprint density at radius 2 is 2.33 bits per heavy atom. The number of hydrogen-bond donors (Lipinski definition) is 2. The maximum absolute atomic E-state index is 5.44. The van der Waals surface area contributed by atoms with Crippen LogP contribution >= 0.6 is 0 Å². The number of aliphatic imine (C=N–C) groups is 1. The van der Waals surface area contributed by atoms with Crippen molar-refractivity contribution >= 4 is 5.96 Å². The van der Waals surface area contributed by atoms with Gasteiger partial charge < -0.3 is 19.8 Å². The lowest BCUT2D eigenvalue weighted by Crippen LogP contribution is -2.43. The van der Waals surface area contributed by atoms with E-state index in [1.807, 2.05) is 12.1 Å². The summed E-state index contributed by atoms with van der Waals surface area (Å²) in [6.45, 7) is 7.85. The van der Waals surface area contributed by atoms with E-state index in [9.17, 15) is 0 Å². The van der Waals surface area contributed by atoms with Crippen LogP contribution in [0.25, 0.3) is 0 Å². The summed E-state index contributed by atoms with van der Waals surface area (Å²) in [6.07, 6.45) is 8.71. The molecule has 2 rings (SSSR count). The third-order valence-corrected chi connectivity index (χ3v) is 4.40. The molecule has 0 amide bonds. The Labute approximate surface area is 146 Å². The highest BCUT2D eigenvalue weighted by molar-refractivity contribution is 5.80. The highest BCUT2D eigenvalue weighted by Gasteiger charge is 2.15. The van der Waals surface area contributed by atoms with Gasteiger partial charge in [-0.3, -0.25) is 4.99 Å². The summed E-state index contributed by atoms with van der Waals surface area (Å²) in [6, 6.07) is 4.37. The molecule has 0 bridgehead atoms. The lowest BCUT2D eigenvalue weighted by molar-refractivity contribution is 0.187. The predicted molar refractivity (Wildman–Crippen MR) is 98.4 cm³/mol. The zero-order valence-electron chi connectivity index (χ0n) is 15.2. The van der Waals surface area contributed by atoms with E-state index in [2.05, 4.69) is 24.5 Å². The Morgan fingerprint density at radius 3 is 3.04 bits per heavy atom. The van der Waals surface area contributed by atoms with Gasteiger partial charge in [0.2, 0.25) is 0 Å². The molecule has 5 heteroatoms. The second-order valence-corrected chi connectivity index (χ2v) is 6.72. The Bertz CT molecular complexity index is 453. The molecule has 24 heavy (non-hydrogen) atoms. The first-order valence-corrected chi connectivity index (χ1v) is 9.43. The van der Waals surface area contributed by atoms with Crippen molar-refractivity contribution in [3.8, 4) is 0 Å². The van der Waals surface area contributed by atoms with Crippen LogP contribution in [0.5, 0.6) is 0 Å². The fourth-order valence-electron chi connectivity index (χ4n) is 2.87. The van der Waals surface area contributed by atoms with Gasteiger partial charge >= 0.3 is 0 Å². The van der Waals surface area contributed by atoms with Gasteiger partial charge in [-0.15, -0.1) is 0 Å². The van der Waals surface area contributed by atoms with Crippen molar-refractivity contribution in [2.24, 2.45) is 10.9 Å². The first-order chi connectivity index (χ1) is 11.8. The van der Waals surface area contributed by atoms with Gasteiger partial charge in [0.25, 0.3) is 0 Å². The first-order valence-electron chi connectivity index (χ1n) is 9.43. The number of furan rings is 1. The summed E-state index contributed by atoms with van der Waals surface area (Å²) < 4.78 is 10.8. The summed E-state index contributed by atoms with van der Waals surface area (Å²) >= 11 is 0. The van der Waals surface area contributed by atoms with Gasteiger partial charge in [0, 0.05) is 38.1 Å². The molecule has 1 aliphatic heterocycles. The standard InChI is InChI=1S/C19H33N3O2/c1-3-4-5-7-16(2)22-19(21-14-17-10-13-23-15-17)20-11-9-18-8-6-12-24-18/h6,8,12,16-17H,3-5,7,9-11,13-15H2,1-2H3,(H2,20,21,22). The summed E-state index contributed by atoms with van der Waals surface area (Å²) in [5.74, 6) is 2.48. The maximum atomic E-state index is 5.44. The van der Waals surface area contributed by atoms with E-state index < -0.39 is 0 Å². The molecule has 0 aromatic carbocycles. The third-order valence-electron chi connectivity index (χ3n) is 4.40. The number of guanidine groups is 1. The average molecular weight is 335 g/mol. The second-order valence-electron chi connectivity index (χ2n) is 6.72. The van der Waals surface area contributed by atoms with Gasteiger partial charge in [0.15, 0.2) is 5.96 Å². The van der Waals surface area contributed by atoms with Crippen LogP contribution in [-0.2, 0) is 11.2 Å². The first kappa shape index (κ1) is 18.8. The Balaban J connectivity index is 1.78. The zero-order valence-corrected chi connectivity index (χ0v) is 15.2. The maximum Gasteiger partial charge on any atom is 0.191 e. The quantitative estimate of drug-likeness (QED) is 0.391. The fraction of sp³-hybridized carbons (Fsp3) is 0.737. The van der Waals surface area contributed by atoms with Crippen molar-refractivity contribution in [3.05, 3.63) is 24.2 Å². The minimum absolute atomic E-state index is 0.436. The summed E-state index contributed by atoms with van der Waals surface area (Å²) in [4.78, 5) is 4.78. The average Bonchev–Trinajstić information content (AvgIpc) is 3.26. The highest BCUT2D eigenvalue weighted by Crippen LogP contribution is 2.12. The largest absolute Gasteiger partial charge is 0.469 e. The molecule has 5 nitrogen and oxygen atoms in total. The van der Waals surface area contributed by atoms with Gasteiger partial charge in [-0.25, -0.2) is 0 Å². The Hall–Kier alpha value is -1.49. The number of unbranched alkanes of at least 4 members (excludes halogenated alkanes) is 2. The fourth-order valence-corrected chi connectivity index (χ4v) is 2.87. The van der Waals surface area contributed by atoms with Crippen molar-refractivity contribution in [2.45, 2.75) is 58.4 Å². The SMILES string of the molecule is CCCCCC(C)NC(=NCC1CCOC1)NCCc1ccco1. The molecular weight excluding hydrogens is 302 g/mol. The van der Waals surface area contributed by atoms with E-state index in [4.69, 9.17) is 14.1 Å². The molecule has 0 spiro atoms. The minimum Gasteiger partial charge on any atom is -0.469 e. The van der Waals surface area contributed by atoms with Crippen molar-refractivity contribution in [1.82, 2.24) is 10.6 Å². The van der Waals surface area contributed by atoms with Crippen molar-refractivity contribution in [2.75, 3.05) is 26.3 Å². The molecule has 0 aliphatic carbocycles. The van der Waals surface area contributed by atoms with Crippen molar-refractivity contribution < 1.29 is 9.15 Å². The van der Waals surface area contributed by atoms with E-state index in [1.54, 1.807) is 6.26 Å². The molecule has 1 fully saturated rings. The minimum atomic E-state index is 0.436. The van der Waals surface area contributed by atoms with Gasteiger partial charge in [0.05, 0.1) is 12.9 Å². The monoisotopic (exact) mass is 335 g/mol. The van der Waals surface area contributed by atoms with E-state index in [0.29, 0.717) is 12.0 Å². The van der Waals surface area contributed by atoms with Gasteiger partial charge in [-0.2, -0.15) is 0 Å². The number of nitrogens with zero attached hydrogens (tertiary/aromatic N) is 1. The lowest BCUT2D eigenvalue weighted by Gasteiger charge is -2.18. The highest BCUT2D eigenvalue weighted by atomic mass is 16.5. The molecule has 1 aromatic heterocycles. The zero-order chi connectivity index (χ0) is 17.0. The van der Waals surface area contributed by atoms with Crippen LogP contribution in [0.3, 0.4) is 0 Å². The summed E-state index contributed by atoms with van der Waals surface area (Å²) in [5.41, 5.74) is 0. The number of ether oxygens (including phenoxy) is 1. The number of rotatable bonds is 10. The van der Waals surface area contributed by atoms with Gasteiger partial charge in [-0.05, 0) is 31.9 Å². The van der Waals surface area contributed by atoms with E-state index >= 15 is 0 Å². The lowest BCUT2D eigenvalue weighted by atomic mass is 10.1. The molecule has 2 atom stereocenters. The second kappa shape index (κ2) is 11.1. The van der Waals surface area contributed by atoms with E-state index in [1.165, 1.54) is 25.7 Å². The van der Waals surface area contributed by atoms with Crippen molar-refractivity contribution in [3.63, 3.8) is 0 Å². The van der Waals surface area contributed by atoms with Gasteiger partial charge in [-0.1, -0.05) is 26.2 Å². The normalized spacial score (nSPS) is 19.4. The molecule has 1 saturated heterocycles. The molecule has 0 radical (unpaired) electrons. The summed E-state index contributed by atoms with van der Waals surface area (Å²) in [5, 5.41) is 6.99.